The van der Waals surface area contributed by atoms with Gasteiger partial charge in [0.1, 0.15) is 11.4 Å². The predicted octanol–water partition coefficient (Wildman–Crippen LogP) is 3.99. The number of hydrogen-bond donors (Lipinski definition) is 1. The zero-order chi connectivity index (χ0) is 17.0. The minimum atomic E-state index is -0.544. The molecule has 1 amide bonds. The van der Waals surface area contributed by atoms with Crippen LogP contribution in [0.3, 0.4) is 0 Å². The van der Waals surface area contributed by atoms with Gasteiger partial charge in [0.2, 0.25) is 0 Å². The van der Waals surface area contributed by atoms with Crippen LogP contribution in [0.4, 0.5) is 11.4 Å². The normalized spacial score (nSPS) is 10.2. The third-order valence-corrected chi connectivity index (χ3v) is 4.41. The van der Waals surface area contributed by atoms with E-state index >= 15 is 0 Å². The number of benzene rings is 2. The van der Waals surface area contributed by atoms with Crippen LogP contribution in [0.25, 0.3) is 0 Å². The van der Waals surface area contributed by atoms with Crippen LogP contribution < -0.4 is 10.1 Å². The van der Waals surface area contributed by atoms with Gasteiger partial charge in [-0.05, 0) is 43.2 Å². The highest BCUT2D eigenvalue weighted by Crippen LogP contribution is 2.26. The first-order chi connectivity index (χ1) is 10.9. The molecular formula is C16H15BrN2O4. The lowest BCUT2D eigenvalue weighted by Gasteiger charge is -2.10. The van der Waals surface area contributed by atoms with Gasteiger partial charge in [0, 0.05) is 10.5 Å². The van der Waals surface area contributed by atoms with Gasteiger partial charge in [-0.25, -0.2) is 0 Å². The van der Waals surface area contributed by atoms with Crippen molar-refractivity contribution in [1.29, 1.82) is 0 Å². The molecule has 1 N–H and O–H groups in total. The van der Waals surface area contributed by atoms with Crippen molar-refractivity contribution in [2.24, 2.45) is 0 Å². The quantitative estimate of drug-likeness (QED) is 0.629. The number of nitrogens with zero attached hydrogens (tertiary/aromatic N) is 1. The molecule has 23 heavy (non-hydrogen) atoms. The maximum absolute atomic E-state index is 11.9. The van der Waals surface area contributed by atoms with Crippen molar-refractivity contribution in [3.05, 3.63) is 62.1 Å². The standard InChI is InChI=1S/C16H15BrN2O4/c1-10-7-12(8-11(2)16(10)17)23-9-15(20)18-13-5-3-4-6-14(13)19(21)22/h3-8H,9H2,1-2H3,(H,18,20). The largest absolute Gasteiger partial charge is 0.484 e. The molecule has 0 aromatic heterocycles. The maximum Gasteiger partial charge on any atom is 0.292 e. The van der Waals surface area contributed by atoms with Gasteiger partial charge in [-0.15, -0.1) is 0 Å². The third kappa shape index (κ3) is 4.29. The molecule has 0 unspecified atom stereocenters. The lowest BCUT2D eigenvalue weighted by atomic mass is 10.1. The van der Waals surface area contributed by atoms with Crippen LogP contribution in [-0.4, -0.2) is 17.4 Å². The summed E-state index contributed by atoms with van der Waals surface area (Å²) in [5.74, 6) is 0.110. The average molecular weight is 379 g/mol. The molecule has 2 aromatic carbocycles. The second-order valence-electron chi connectivity index (χ2n) is 4.98. The molecule has 0 saturated carbocycles. The van der Waals surface area contributed by atoms with Gasteiger partial charge in [-0.1, -0.05) is 28.1 Å². The molecule has 0 aliphatic heterocycles. The van der Waals surface area contributed by atoms with Gasteiger partial charge in [0.15, 0.2) is 6.61 Å². The van der Waals surface area contributed by atoms with E-state index in [9.17, 15) is 14.9 Å². The number of aryl methyl sites for hydroxylation is 2. The number of nitro groups is 1. The minimum Gasteiger partial charge on any atom is -0.484 e. The first-order valence-corrected chi connectivity index (χ1v) is 7.60. The van der Waals surface area contributed by atoms with Crippen molar-refractivity contribution >= 4 is 33.2 Å². The Kier molecular flexibility index (Phi) is 5.33. The van der Waals surface area contributed by atoms with Crippen molar-refractivity contribution < 1.29 is 14.5 Å². The van der Waals surface area contributed by atoms with Crippen LogP contribution in [0.15, 0.2) is 40.9 Å². The highest BCUT2D eigenvalue weighted by molar-refractivity contribution is 9.10. The molecule has 0 fully saturated rings. The number of rotatable bonds is 5. The Balaban J connectivity index is 2.03. The Bertz CT molecular complexity index is 738. The predicted molar refractivity (Wildman–Crippen MR) is 90.8 cm³/mol. The number of ether oxygens (including phenoxy) is 1. The van der Waals surface area contributed by atoms with E-state index in [0.29, 0.717) is 5.75 Å². The fourth-order valence-corrected chi connectivity index (χ4v) is 2.29. The molecule has 0 aliphatic rings. The van der Waals surface area contributed by atoms with Gasteiger partial charge in [-0.2, -0.15) is 0 Å². The van der Waals surface area contributed by atoms with Crippen LogP contribution in [0.2, 0.25) is 0 Å². The zero-order valence-corrected chi connectivity index (χ0v) is 14.2. The lowest BCUT2D eigenvalue weighted by Crippen LogP contribution is -2.20. The Morgan fingerprint density at radius 2 is 1.87 bits per heavy atom. The van der Waals surface area contributed by atoms with Crippen LogP contribution in [-0.2, 0) is 4.79 Å². The van der Waals surface area contributed by atoms with Crippen molar-refractivity contribution in [1.82, 2.24) is 0 Å². The van der Waals surface area contributed by atoms with E-state index in [1.54, 1.807) is 6.07 Å². The summed E-state index contributed by atoms with van der Waals surface area (Å²) in [6.45, 7) is 3.63. The molecule has 0 aliphatic carbocycles. The number of carbonyl (C=O) groups is 1. The van der Waals surface area contributed by atoms with E-state index in [1.165, 1.54) is 18.2 Å². The molecule has 0 heterocycles. The smallest absolute Gasteiger partial charge is 0.292 e. The molecule has 0 spiro atoms. The summed E-state index contributed by atoms with van der Waals surface area (Å²) < 4.78 is 6.45. The molecule has 0 saturated heterocycles. The zero-order valence-electron chi connectivity index (χ0n) is 12.6. The van der Waals surface area contributed by atoms with Gasteiger partial charge in [0.25, 0.3) is 11.6 Å². The molecule has 2 rings (SSSR count). The number of carbonyl (C=O) groups excluding carboxylic acids is 1. The summed E-state index contributed by atoms with van der Waals surface area (Å²) in [5, 5.41) is 13.4. The summed E-state index contributed by atoms with van der Waals surface area (Å²) >= 11 is 3.46. The highest BCUT2D eigenvalue weighted by atomic mass is 79.9. The fraction of sp³-hybridized carbons (Fsp3) is 0.188. The van der Waals surface area contributed by atoms with E-state index in [0.717, 1.165) is 15.6 Å². The summed E-state index contributed by atoms with van der Waals surface area (Å²) in [7, 11) is 0. The van der Waals surface area contributed by atoms with Crippen molar-refractivity contribution in [2.75, 3.05) is 11.9 Å². The topological polar surface area (TPSA) is 81.5 Å². The Morgan fingerprint density at radius 1 is 1.26 bits per heavy atom. The molecule has 0 bridgehead atoms. The molecule has 0 radical (unpaired) electrons. The van der Waals surface area contributed by atoms with E-state index in [2.05, 4.69) is 21.2 Å². The number of nitrogens with one attached hydrogen (secondary N) is 1. The van der Waals surface area contributed by atoms with E-state index < -0.39 is 10.8 Å². The summed E-state index contributed by atoms with van der Waals surface area (Å²) in [6, 6.07) is 9.59. The average Bonchev–Trinajstić information content (AvgIpc) is 2.50. The van der Waals surface area contributed by atoms with Gasteiger partial charge >= 0.3 is 0 Å². The van der Waals surface area contributed by atoms with Crippen molar-refractivity contribution in [2.45, 2.75) is 13.8 Å². The molecule has 0 atom stereocenters. The monoisotopic (exact) mass is 378 g/mol. The Hall–Kier alpha value is -2.41. The maximum atomic E-state index is 11.9. The van der Waals surface area contributed by atoms with Crippen LogP contribution in [0.1, 0.15) is 11.1 Å². The molecule has 2 aromatic rings. The van der Waals surface area contributed by atoms with Gasteiger partial charge in [-0.3, -0.25) is 14.9 Å². The van der Waals surface area contributed by atoms with Crippen LogP contribution >= 0.6 is 15.9 Å². The minimum absolute atomic E-state index is 0.147. The number of nitro benzene ring substituents is 1. The number of amides is 1. The van der Waals surface area contributed by atoms with E-state index in [4.69, 9.17) is 4.74 Å². The second-order valence-corrected chi connectivity index (χ2v) is 5.78. The highest BCUT2D eigenvalue weighted by Gasteiger charge is 2.15. The lowest BCUT2D eigenvalue weighted by molar-refractivity contribution is -0.383. The van der Waals surface area contributed by atoms with E-state index in [-0.39, 0.29) is 18.0 Å². The summed E-state index contributed by atoms with van der Waals surface area (Å²) in [6.07, 6.45) is 0. The van der Waals surface area contributed by atoms with Crippen LogP contribution in [0.5, 0.6) is 5.75 Å². The molecular weight excluding hydrogens is 364 g/mol. The molecule has 7 heteroatoms. The first-order valence-electron chi connectivity index (χ1n) is 6.81. The summed E-state index contributed by atoms with van der Waals surface area (Å²) in [4.78, 5) is 22.3. The fourth-order valence-electron chi connectivity index (χ4n) is 2.06. The molecule has 6 nitrogen and oxygen atoms in total. The Labute approximate surface area is 141 Å². The van der Waals surface area contributed by atoms with Crippen LogP contribution in [0, 0.1) is 24.0 Å². The second kappa shape index (κ2) is 7.23. The number of halogens is 1. The number of hydrogen-bond acceptors (Lipinski definition) is 4. The number of anilines is 1. The third-order valence-electron chi connectivity index (χ3n) is 3.15. The number of para-hydroxylation sites is 2. The van der Waals surface area contributed by atoms with E-state index in [1.807, 2.05) is 26.0 Å². The van der Waals surface area contributed by atoms with Crippen molar-refractivity contribution in [3.8, 4) is 5.75 Å². The Morgan fingerprint density at radius 3 is 2.48 bits per heavy atom. The summed E-state index contributed by atoms with van der Waals surface area (Å²) in [5.41, 5.74) is 1.99. The van der Waals surface area contributed by atoms with Crippen molar-refractivity contribution in [3.63, 3.8) is 0 Å². The van der Waals surface area contributed by atoms with Gasteiger partial charge < -0.3 is 10.1 Å². The first kappa shape index (κ1) is 17.0. The van der Waals surface area contributed by atoms with Gasteiger partial charge in [0.05, 0.1) is 4.92 Å². The molecule has 120 valence electrons. The SMILES string of the molecule is Cc1cc(OCC(=O)Nc2ccccc2[N+](=O)[O-])cc(C)c1Br.